The van der Waals surface area contributed by atoms with E-state index >= 15 is 0 Å². The van der Waals surface area contributed by atoms with Gasteiger partial charge in [0.05, 0.1) is 12.7 Å². The first-order valence-electron chi connectivity index (χ1n) is 9.09. The van der Waals surface area contributed by atoms with E-state index in [4.69, 9.17) is 14.6 Å². The van der Waals surface area contributed by atoms with Gasteiger partial charge in [0.2, 0.25) is 0 Å². The molecule has 1 aromatic rings. The van der Waals surface area contributed by atoms with Crippen molar-refractivity contribution in [3.05, 3.63) is 24.3 Å². The molecular formula is C19H27NO4. The third-order valence-electron chi connectivity index (χ3n) is 4.96. The van der Waals surface area contributed by atoms with Crippen LogP contribution in [0.4, 0.5) is 4.79 Å². The number of hydrogen-bond acceptors (Lipinski definition) is 3. The second kappa shape index (κ2) is 8.27. The van der Waals surface area contributed by atoms with Crippen molar-refractivity contribution in [1.82, 2.24) is 4.90 Å². The molecule has 1 aromatic carbocycles. The quantitative estimate of drug-likeness (QED) is 0.879. The molecule has 1 saturated carbocycles. The third-order valence-corrected chi connectivity index (χ3v) is 4.96. The molecule has 5 heteroatoms. The summed E-state index contributed by atoms with van der Waals surface area (Å²) in [4.78, 5) is 12.6. The van der Waals surface area contributed by atoms with Gasteiger partial charge in [0.15, 0.2) is 11.5 Å². The summed E-state index contributed by atoms with van der Waals surface area (Å²) in [7, 11) is 0. The molecule has 24 heavy (non-hydrogen) atoms. The molecule has 1 amide bonds. The van der Waals surface area contributed by atoms with E-state index in [0.717, 1.165) is 37.2 Å². The Morgan fingerprint density at radius 2 is 1.83 bits per heavy atom. The summed E-state index contributed by atoms with van der Waals surface area (Å²) >= 11 is 0. The molecule has 3 rings (SSSR count). The molecule has 2 fully saturated rings. The van der Waals surface area contributed by atoms with Gasteiger partial charge in [-0.1, -0.05) is 18.6 Å². The molecule has 5 nitrogen and oxygen atoms in total. The maximum Gasteiger partial charge on any atom is 0.407 e. The van der Waals surface area contributed by atoms with Crippen LogP contribution in [-0.4, -0.2) is 41.9 Å². The van der Waals surface area contributed by atoms with Gasteiger partial charge in [0.25, 0.3) is 0 Å². The van der Waals surface area contributed by atoms with E-state index in [-0.39, 0.29) is 5.92 Å². The van der Waals surface area contributed by atoms with Gasteiger partial charge < -0.3 is 19.5 Å². The van der Waals surface area contributed by atoms with Gasteiger partial charge >= 0.3 is 6.09 Å². The molecule has 1 heterocycles. The predicted octanol–water partition coefficient (Wildman–Crippen LogP) is 4.17. The van der Waals surface area contributed by atoms with Gasteiger partial charge in [-0.15, -0.1) is 0 Å². The summed E-state index contributed by atoms with van der Waals surface area (Å²) in [6.45, 7) is 1.73. The van der Waals surface area contributed by atoms with Gasteiger partial charge in [0, 0.05) is 19.0 Å². The van der Waals surface area contributed by atoms with Crippen LogP contribution >= 0.6 is 0 Å². The molecule has 2 aliphatic rings. The number of hydrogen-bond donors (Lipinski definition) is 1. The lowest BCUT2D eigenvalue weighted by Crippen LogP contribution is -2.40. The van der Waals surface area contributed by atoms with Gasteiger partial charge in [-0.05, 0) is 50.7 Å². The van der Waals surface area contributed by atoms with Crippen LogP contribution in [-0.2, 0) is 0 Å². The highest BCUT2D eigenvalue weighted by Crippen LogP contribution is 2.31. The molecule has 1 aliphatic heterocycles. The number of rotatable bonds is 5. The summed E-state index contributed by atoms with van der Waals surface area (Å²) < 4.78 is 12.2. The van der Waals surface area contributed by atoms with Crippen LogP contribution in [0.15, 0.2) is 24.3 Å². The Morgan fingerprint density at radius 1 is 1.08 bits per heavy atom. The van der Waals surface area contributed by atoms with Crippen molar-refractivity contribution in [2.45, 2.75) is 51.0 Å². The second-order valence-corrected chi connectivity index (χ2v) is 6.87. The summed E-state index contributed by atoms with van der Waals surface area (Å²) in [5, 5.41) is 9.13. The molecule has 1 atom stereocenters. The molecular weight excluding hydrogens is 306 g/mol. The van der Waals surface area contributed by atoms with Crippen molar-refractivity contribution >= 4 is 6.09 Å². The highest BCUT2D eigenvalue weighted by Gasteiger charge is 2.24. The number of nitrogens with zero attached hydrogens (tertiary/aromatic N) is 1. The van der Waals surface area contributed by atoms with Gasteiger partial charge in [-0.2, -0.15) is 0 Å². The largest absolute Gasteiger partial charge is 0.489 e. The minimum atomic E-state index is -0.833. The van der Waals surface area contributed by atoms with Gasteiger partial charge in [-0.25, -0.2) is 4.79 Å². The first-order chi connectivity index (χ1) is 11.7. The van der Waals surface area contributed by atoms with Crippen molar-refractivity contribution in [2.75, 3.05) is 19.7 Å². The molecule has 0 spiro atoms. The van der Waals surface area contributed by atoms with E-state index < -0.39 is 6.09 Å². The monoisotopic (exact) mass is 333 g/mol. The zero-order valence-corrected chi connectivity index (χ0v) is 14.2. The summed E-state index contributed by atoms with van der Waals surface area (Å²) in [6, 6.07) is 7.83. The Bertz CT molecular complexity index is 542. The van der Waals surface area contributed by atoms with E-state index in [9.17, 15) is 4.79 Å². The number of carbonyl (C=O) groups is 1. The van der Waals surface area contributed by atoms with Crippen LogP contribution < -0.4 is 9.47 Å². The van der Waals surface area contributed by atoms with E-state index in [0.29, 0.717) is 25.8 Å². The van der Waals surface area contributed by atoms with Crippen molar-refractivity contribution in [3.63, 3.8) is 0 Å². The number of benzene rings is 1. The zero-order chi connectivity index (χ0) is 16.8. The van der Waals surface area contributed by atoms with Gasteiger partial charge in [-0.3, -0.25) is 0 Å². The number of ether oxygens (including phenoxy) is 2. The predicted molar refractivity (Wildman–Crippen MR) is 91.8 cm³/mol. The lowest BCUT2D eigenvalue weighted by molar-refractivity contribution is 0.101. The average molecular weight is 333 g/mol. The number of amides is 1. The van der Waals surface area contributed by atoms with Crippen LogP contribution in [0.2, 0.25) is 0 Å². The Hall–Kier alpha value is -1.91. The average Bonchev–Trinajstić information content (AvgIpc) is 2.62. The molecule has 132 valence electrons. The van der Waals surface area contributed by atoms with Crippen molar-refractivity contribution in [3.8, 4) is 11.5 Å². The summed E-state index contributed by atoms with van der Waals surface area (Å²) in [6.07, 6.45) is 7.38. The van der Waals surface area contributed by atoms with Gasteiger partial charge in [0.1, 0.15) is 0 Å². The normalized spacial score (nSPS) is 22.2. The fourth-order valence-corrected chi connectivity index (χ4v) is 3.61. The number of piperidine rings is 1. The second-order valence-electron chi connectivity index (χ2n) is 6.87. The highest BCUT2D eigenvalue weighted by molar-refractivity contribution is 5.65. The number of likely N-dealkylation sites (tertiary alicyclic amines) is 1. The van der Waals surface area contributed by atoms with Crippen molar-refractivity contribution in [2.24, 2.45) is 5.92 Å². The van der Waals surface area contributed by atoms with Crippen LogP contribution in [0.5, 0.6) is 11.5 Å². The standard InChI is InChI=1S/C19H27NO4/c21-19(22)20-12-6-7-15(13-20)14-23-17-10-4-5-11-18(17)24-16-8-2-1-3-9-16/h4-5,10-11,15-16H,1-3,6-9,12-14H2,(H,21,22)/t15-/m0/s1. The smallest absolute Gasteiger partial charge is 0.407 e. The number of para-hydroxylation sites is 2. The van der Waals surface area contributed by atoms with E-state index in [1.54, 1.807) is 0 Å². The molecule has 0 aromatic heterocycles. The minimum Gasteiger partial charge on any atom is -0.489 e. The Morgan fingerprint density at radius 3 is 2.58 bits per heavy atom. The summed E-state index contributed by atoms with van der Waals surface area (Å²) in [5.41, 5.74) is 0. The molecule has 0 radical (unpaired) electrons. The Labute approximate surface area is 143 Å². The molecule has 1 saturated heterocycles. The lowest BCUT2D eigenvalue weighted by atomic mass is 9.98. The van der Waals surface area contributed by atoms with E-state index in [2.05, 4.69) is 0 Å². The SMILES string of the molecule is O=C(O)N1CCC[C@H](COc2ccccc2OC2CCCCC2)C1. The Kier molecular flexibility index (Phi) is 5.83. The highest BCUT2D eigenvalue weighted by atomic mass is 16.5. The topological polar surface area (TPSA) is 59.0 Å². The van der Waals surface area contributed by atoms with Crippen LogP contribution in [0.1, 0.15) is 44.9 Å². The van der Waals surface area contributed by atoms with Crippen LogP contribution in [0.25, 0.3) is 0 Å². The van der Waals surface area contributed by atoms with Crippen LogP contribution in [0.3, 0.4) is 0 Å². The van der Waals surface area contributed by atoms with E-state index in [1.807, 2.05) is 24.3 Å². The van der Waals surface area contributed by atoms with Crippen molar-refractivity contribution in [1.29, 1.82) is 0 Å². The fourth-order valence-electron chi connectivity index (χ4n) is 3.61. The fraction of sp³-hybridized carbons (Fsp3) is 0.632. The molecule has 1 aliphatic carbocycles. The molecule has 0 unspecified atom stereocenters. The maximum atomic E-state index is 11.1. The third kappa shape index (κ3) is 4.56. The summed E-state index contributed by atoms with van der Waals surface area (Å²) in [5.74, 6) is 1.84. The zero-order valence-electron chi connectivity index (χ0n) is 14.2. The van der Waals surface area contributed by atoms with Crippen molar-refractivity contribution < 1.29 is 19.4 Å². The molecule has 0 bridgehead atoms. The lowest BCUT2D eigenvalue weighted by Gasteiger charge is -2.30. The number of carboxylic acid groups (broad SMARTS) is 1. The maximum absolute atomic E-state index is 11.1. The first kappa shape index (κ1) is 16.9. The minimum absolute atomic E-state index is 0.248. The van der Waals surface area contributed by atoms with Crippen LogP contribution in [0, 0.1) is 5.92 Å². The Balaban J connectivity index is 1.55. The molecule has 1 N–H and O–H groups in total. The van der Waals surface area contributed by atoms with E-state index in [1.165, 1.54) is 24.2 Å². The first-order valence-corrected chi connectivity index (χ1v) is 9.09.